The van der Waals surface area contributed by atoms with E-state index in [2.05, 4.69) is 13.8 Å². The molecule has 1 aromatic rings. The van der Waals surface area contributed by atoms with Gasteiger partial charge in [0.15, 0.2) is 0 Å². The third-order valence-electron chi connectivity index (χ3n) is 4.73. The number of nitrogens with zero attached hydrogens (tertiary/aromatic N) is 2. The first-order valence-corrected chi connectivity index (χ1v) is 11.3. The van der Waals surface area contributed by atoms with Crippen LogP contribution in [0.25, 0.3) is 0 Å². The Kier molecular flexibility index (Phi) is 7.82. The Labute approximate surface area is 163 Å². The Morgan fingerprint density at radius 2 is 1.96 bits per heavy atom. The van der Waals surface area contributed by atoms with Crippen LogP contribution in [0.4, 0.5) is 5.69 Å². The summed E-state index contributed by atoms with van der Waals surface area (Å²) >= 11 is 0. The van der Waals surface area contributed by atoms with Crippen molar-refractivity contribution in [2.24, 2.45) is 5.92 Å². The van der Waals surface area contributed by atoms with E-state index in [-0.39, 0.29) is 5.91 Å². The van der Waals surface area contributed by atoms with Gasteiger partial charge < -0.3 is 9.64 Å². The lowest BCUT2D eigenvalue weighted by Gasteiger charge is -2.30. The predicted octanol–water partition coefficient (Wildman–Crippen LogP) is 3.06. The van der Waals surface area contributed by atoms with Crippen molar-refractivity contribution in [3.8, 4) is 0 Å². The zero-order chi connectivity index (χ0) is 20.0. The molecule has 1 aromatic carbocycles. The SMILES string of the molecule is CCN(CC)S(=O)(=O)c1ccc2c(c1)CCCN2C(=O)CCOCC(C)C. The molecule has 0 saturated carbocycles. The zero-order valence-corrected chi connectivity index (χ0v) is 17.7. The van der Waals surface area contributed by atoms with E-state index in [0.29, 0.717) is 50.1 Å². The molecule has 1 heterocycles. The first-order valence-electron chi connectivity index (χ1n) is 9.82. The smallest absolute Gasteiger partial charge is 0.243 e. The maximum Gasteiger partial charge on any atom is 0.243 e. The lowest BCUT2D eigenvalue weighted by Crippen LogP contribution is -2.36. The van der Waals surface area contributed by atoms with Gasteiger partial charge in [-0.1, -0.05) is 27.7 Å². The van der Waals surface area contributed by atoms with Gasteiger partial charge >= 0.3 is 0 Å². The van der Waals surface area contributed by atoms with Gasteiger partial charge in [-0.15, -0.1) is 0 Å². The van der Waals surface area contributed by atoms with E-state index in [9.17, 15) is 13.2 Å². The van der Waals surface area contributed by atoms with Gasteiger partial charge in [-0.3, -0.25) is 4.79 Å². The summed E-state index contributed by atoms with van der Waals surface area (Å²) in [5.41, 5.74) is 1.75. The van der Waals surface area contributed by atoms with Crippen molar-refractivity contribution in [3.63, 3.8) is 0 Å². The highest BCUT2D eigenvalue weighted by atomic mass is 32.2. The Morgan fingerprint density at radius 1 is 1.26 bits per heavy atom. The van der Waals surface area contributed by atoms with Gasteiger partial charge in [-0.05, 0) is 42.5 Å². The van der Waals surface area contributed by atoms with E-state index in [1.807, 2.05) is 13.8 Å². The van der Waals surface area contributed by atoms with Crippen molar-refractivity contribution in [1.82, 2.24) is 4.31 Å². The minimum Gasteiger partial charge on any atom is -0.381 e. The predicted molar refractivity (Wildman–Crippen MR) is 107 cm³/mol. The molecule has 7 heteroatoms. The van der Waals surface area contributed by atoms with Crippen LogP contribution in [-0.4, -0.2) is 51.5 Å². The number of fused-ring (bicyclic) bond motifs is 1. The van der Waals surface area contributed by atoms with Crippen molar-refractivity contribution >= 4 is 21.6 Å². The summed E-state index contributed by atoms with van der Waals surface area (Å²) in [4.78, 5) is 14.7. The lowest BCUT2D eigenvalue weighted by molar-refractivity contribution is -0.119. The van der Waals surface area contributed by atoms with Crippen LogP contribution < -0.4 is 4.90 Å². The Balaban J connectivity index is 2.15. The van der Waals surface area contributed by atoms with Crippen molar-refractivity contribution < 1.29 is 17.9 Å². The van der Waals surface area contributed by atoms with Gasteiger partial charge in [0.2, 0.25) is 15.9 Å². The molecule has 0 fully saturated rings. The van der Waals surface area contributed by atoms with Crippen molar-refractivity contribution in [2.45, 2.75) is 51.9 Å². The topological polar surface area (TPSA) is 66.9 Å². The monoisotopic (exact) mass is 396 g/mol. The molecule has 0 saturated heterocycles. The fourth-order valence-corrected chi connectivity index (χ4v) is 4.83. The molecule has 1 aliphatic heterocycles. The number of hydrogen-bond donors (Lipinski definition) is 0. The van der Waals surface area contributed by atoms with Crippen molar-refractivity contribution in [3.05, 3.63) is 23.8 Å². The van der Waals surface area contributed by atoms with Crippen LogP contribution in [-0.2, 0) is 26.0 Å². The standard InChI is InChI=1S/C20H32N2O4S/c1-5-21(6-2)27(24,25)18-9-10-19-17(14-18)8-7-12-22(19)20(23)11-13-26-15-16(3)4/h9-10,14,16H,5-8,11-13,15H2,1-4H3. The molecule has 152 valence electrons. The summed E-state index contributed by atoms with van der Waals surface area (Å²) < 4.78 is 32.5. The average molecular weight is 397 g/mol. The summed E-state index contributed by atoms with van der Waals surface area (Å²) in [5, 5.41) is 0. The fourth-order valence-electron chi connectivity index (χ4n) is 3.32. The van der Waals surface area contributed by atoms with Gasteiger partial charge in [-0.2, -0.15) is 4.31 Å². The van der Waals surface area contributed by atoms with Gasteiger partial charge in [-0.25, -0.2) is 8.42 Å². The summed E-state index contributed by atoms with van der Waals surface area (Å²) in [6.45, 7) is 10.4. The summed E-state index contributed by atoms with van der Waals surface area (Å²) in [7, 11) is -3.49. The van der Waals surface area contributed by atoms with Gasteiger partial charge in [0.25, 0.3) is 0 Å². The number of carbonyl (C=O) groups is 1. The fraction of sp³-hybridized carbons (Fsp3) is 0.650. The van der Waals surface area contributed by atoms with Gasteiger partial charge in [0, 0.05) is 31.9 Å². The molecule has 0 aliphatic carbocycles. The normalized spacial score (nSPS) is 14.7. The van der Waals surface area contributed by atoms with Crippen LogP contribution in [0.3, 0.4) is 0 Å². The number of aryl methyl sites for hydroxylation is 1. The van der Waals surface area contributed by atoms with Crippen LogP contribution in [0.15, 0.2) is 23.1 Å². The second kappa shape index (κ2) is 9.66. The first-order chi connectivity index (χ1) is 12.8. The maximum atomic E-state index is 12.8. The number of amides is 1. The summed E-state index contributed by atoms with van der Waals surface area (Å²) in [6, 6.07) is 5.13. The second-order valence-electron chi connectivity index (χ2n) is 7.25. The van der Waals surface area contributed by atoms with Crippen molar-refractivity contribution in [1.29, 1.82) is 0 Å². The van der Waals surface area contributed by atoms with E-state index in [1.54, 1.807) is 23.1 Å². The molecule has 0 atom stereocenters. The van der Waals surface area contributed by atoms with Crippen molar-refractivity contribution in [2.75, 3.05) is 37.7 Å². The van der Waals surface area contributed by atoms with E-state index in [1.165, 1.54) is 4.31 Å². The molecule has 2 rings (SSSR count). The highest BCUT2D eigenvalue weighted by molar-refractivity contribution is 7.89. The first kappa shape index (κ1) is 21.9. The average Bonchev–Trinajstić information content (AvgIpc) is 2.64. The minimum atomic E-state index is -3.49. The maximum absolute atomic E-state index is 12.8. The highest BCUT2D eigenvalue weighted by Gasteiger charge is 2.26. The third kappa shape index (κ3) is 5.30. The molecule has 6 nitrogen and oxygen atoms in total. The Hall–Kier alpha value is -1.44. The van der Waals surface area contributed by atoms with E-state index >= 15 is 0 Å². The Bertz CT molecular complexity index is 742. The van der Waals surface area contributed by atoms with Crippen LogP contribution >= 0.6 is 0 Å². The zero-order valence-electron chi connectivity index (χ0n) is 16.9. The molecule has 0 spiro atoms. The van der Waals surface area contributed by atoms with Crippen LogP contribution in [0, 0.1) is 5.92 Å². The number of anilines is 1. The molecule has 27 heavy (non-hydrogen) atoms. The number of rotatable bonds is 9. The quantitative estimate of drug-likeness (QED) is 0.602. The van der Waals surface area contributed by atoms with Crippen LogP contribution in [0.2, 0.25) is 0 Å². The van der Waals surface area contributed by atoms with E-state index < -0.39 is 10.0 Å². The van der Waals surface area contributed by atoms with Crippen LogP contribution in [0.5, 0.6) is 0 Å². The van der Waals surface area contributed by atoms with Gasteiger partial charge in [0.1, 0.15) is 0 Å². The molecule has 0 bridgehead atoms. The molecular formula is C20H32N2O4S. The molecule has 1 amide bonds. The summed E-state index contributed by atoms with van der Waals surface area (Å²) in [5.74, 6) is 0.473. The summed E-state index contributed by atoms with van der Waals surface area (Å²) in [6.07, 6.45) is 1.95. The number of ether oxygens (including phenoxy) is 1. The number of sulfonamides is 1. The van der Waals surface area contributed by atoms with E-state index in [4.69, 9.17) is 4.74 Å². The molecule has 1 aliphatic rings. The number of carbonyl (C=O) groups excluding carboxylic acids is 1. The highest BCUT2D eigenvalue weighted by Crippen LogP contribution is 2.30. The number of benzene rings is 1. The molecule has 0 N–H and O–H groups in total. The largest absolute Gasteiger partial charge is 0.381 e. The van der Waals surface area contributed by atoms with E-state index in [0.717, 1.165) is 24.1 Å². The molecular weight excluding hydrogens is 364 g/mol. The molecule has 0 aromatic heterocycles. The third-order valence-corrected chi connectivity index (χ3v) is 6.77. The van der Waals surface area contributed by atoms with Crippen LogP contribution in [0.1, 0.15) is 46.1 Å². The lowest BCUT2D eigenvalue weighted by atomic mass is 10.0. The molecule has 0 unspecified atom stereocenters. The number of hydrogen-bond acceptors (Lipinski definition) is 4. The Morgan fingerprint density at radius 3 is 2.59 bits per heavy atom. The second-order valence-corrected chi connectivity index (χ2v) is 9.19. The molecule has 0 radical (unpaired) electrons. The van der Waals surface area contributed by atoms with Gasteiger partial charge in [0.05, 0.1) is 17.9 Å². The minimum absolute atomic E-state index is 0.0269.